The Morgan fingerprint density at radius 1 is 0.306 bits per heavy atom. The van der Waals surface area contributed by atoms with Crippen LogP contribution in [0.5, 0.6) is 0 Å². The van der Waals surface area contributed by atoms with Crippen molar-refractivity contribution in [2.75, 3.05) is 140 Å². The predicted octanol–water partition coefficient (Wildman–Crippen LogP) is 18.5. The molecule has 29 heteroatoms. The Morgan fingerprint density at radius 2 is 0.837 bits per heavy atom. The molecule has 0 aliphatic carbocycles. The first kappa shape index (κ1) is 123. The fraction of sp³-hybridized carbons (Fsp3) is 0.812. The van der Waals surface area contributed by atoms with Gasteiger partial charge in [0.25, 0.3) is 0 Å². The van der Waals surface area contributed by atoms with Gasteiger partial charge in [0.2, 0.25) is 6.40 Å². The highest BCUT2D eigenvalue weighted by molar-refractivity contribution is 8.12. The second-order valence-corrected chi connectivity index (χ2v) is 18.1. The van der Waals surface area contributed by atoms with E-state index in [9.17, 15) is 0 Å². The number of nitrogens with zero attached hydrogens (tertiary/aromatic N) is 13. The normalized spacial score (nSPS) is 15.5. The summed E-state index contributed by atoms with van der Waals surface area (Å²) in [6.07, 6.45) is 26.2. The van der Waals surface area contributed by atoms with Crippen molar-refractivity contribution in [3.05, 3.63) is 0 Å². The molecule has 0 saturated heterocycles. The highest BCUT2D eigenvalue weighted by atomic mass is 32.2. The van der Waals surface area contributed by atoms with Crippen LogP contribution in [0.25, 0.3) is 0 Å². The summed E-state index contributed by atoms with van der Waals surface area (Å²) < 4.78 is 21.9. The number of ether oxygens (including phenoxy) is 3. The van der Waals surface area contributed by atoms with Crippen molar-refractivity contribution in [3.63, 3.8) is 0 Å². The zero-order valence-corrected chi connectivity index (χ0v) is 71.5. The minimum absolute atomic E-state index is 0.580. The van der Waals surface area contributed by atoms with Crippen LogP contribution in [0.3, 0.4) is 0 Å². The lowest BCUT2D eigenvalue weighted by Crippen LogP contribution is -2.19. The number of rotatable bonds is 0. The molecule has 0 saturated carbocycles. The van der Waals surface area contributed by atoms with Gasteiger partial charge in [-0.05, 0) is 56.0 Å². The molecule has 4 N–H and O–H groups in total. The molecule has 98 heavy (non-hydrogen) atoms. The molecule has 0 fully saturated rings. The van der Waals surface area contributed by atoms with Crippen LogP contribution in [-0.2, 0) is 33.6 Å². The Kier molecular flexibility index (Phi) is 214. The second kappa shape index (κ2) is 170. The third-order valence-electron chi connectivity index (χ3n) is 7.51. The van der Waals surface area contributed by atoms with Gasteiger partial charge in [0.15, 0.2) is 19.4 Å². The maximum Gasteiger partial charge on any atom is 0.212 e. The Bertz CT molecular complexity index is 1190. The summed E-state index contributed by atoms with van der Waals surface area (Å²) in [5.74, 6) is 5.92. The molecule has 0 radical (unpaired) electrons. The third-order valence-corrected chi connectivity index (χ3v) is 11.2. The second-order valence-electron chi connectivity index (χ2n) is 13.5. The smallest absolute Gasteiger partial charge is 0.212 e. The van der Waals surface area contributed by atoms with Gasteiger partial charge in [0, 0.05) is 119 Å². The largest absolute Gasteiger partial charge is 0.483 e. The minimum Gasteiger partial charge on any atom is -0.483 e. The van der Waals surface area contributed by atoms with Gasteiger partial charge in [-0.3, -0.25) is 45.3 Å². The molecule has 0 unspecified atom stereocenters. The summed E-state index contributed by atoms with van der Waals surface area (Å²) in [4.78, 5) is 45.4. The molecular weight excluding hydrogens is 1340 g/mol. The third kappa shape index (κ3) is 164. The van der Waals surface area contributed by atoms with Gasteiger partial charge in [-0.2, -0.15) is 5.10 Å². The van der Waals surface area contributed by atoms with Crippen LogP contribution in [-0.4, -0.2) is 220 Å². The average molecular weight is 1500 g/mol. The molecule has 24 nitrogen and oxygen atoms in total. The van der Waals surface area contributed by atoms with Crippen molar-refractivity contribution in [2.24, 2.45) is 64.3 Å². The first-order chi connectivity index (χ1) is 49.0. The molecule has 0 aromatic rings. The van der Waals surface area contributed by atoms with Crippen LogP contribution in [0.4, 0.5) is 0 Å². The van der Waals surface area contributed by atoms with Crippen molar-refractivity contribution in [1.29, 1.82) is 0 Å². The van der Waals surface area contributed by atoms with E-state index in [4.69, 9.17) is 4.74 Å². The maximum atomic E-state index is 4.78. The van der Waals surface area contributed by atoms with Crippen molar-refractivity contribution in [2.45, 2.75) is 231 Å². The van der Waals surface area contributed by atoms with Crippen LogP contribution in [0.15, 0.2) is 64.3 Å². The van der Waals surface area contributed by atoms with Crippen LogP contribution in [0, 0.1) is 0 Å². The number of oxime groups is 3. The molecular formula is C69H155N17O7S5. The summed E-state index contributed by atoms with van der Waals surface area (Å²) >= 11 is 8.57. The topological polar surface area (TPSA) is 273 Å². The molecule has 13 aliphatic heterocycles. The van der Waals surface area contributed by atoms with Crippen molar-refractivity contribution >= 4 is 139 Å². The van der Waals surface area contributed by atoms with Crippen LogP contribution in [0.2, 0.25) is 0 Å². The molecule has 588 valence electrons. The zero-order chi connectivity index (χ0) is 76.9. The van der Waals surface area contributed by atoms with Gasteiger partial charge < -0.3 is 44.8 Å². The molecule has 0 bridgehead atoms. The van der Waals surface area contributed by atoms with Crippen LogP contribution >= 0.6 is 59.2 Å². The summed E-state index contributed by atoms with van der Waals surface area (Å²) in [7, 11) is 0. The number of hydrogen-bond donors (Lipinski definition) is 4. The highest BCUT2D eigenvalue weighted by Gasteiger charge is 1.93. The monoisotopic (exact) mass is 1490 g/mol. The van der Waals surface area contributed by atoms with Gasteiger partial charge in [0.1, 0.15) is 32.8 Å². The van der Waals surface area contributed by atoms with Gasteiger partial charge in [-0.25, -0.2) is 8.80 Å². The molecule has 13 heterocycles. The van der Waals surface area contributed by atoms with Crippen LogP contribution < -0.4 is 21.5 Å². The van der Waals surface area contributed by atoms with E-state index in [-0.39, 0.29) is 0 Å². The number of hydrogen-bond acceptors (Lipinski definition) is 29. The van der Waals surface area contributed by atoms with Crippen LogP contribution in [0.1, 0.15) is 231 Å². The Labute approximate surface area is 626 Å². The van der Waals surface area contributed by atoms with E-state index < -0.39 is 0 Å². The first-order valence-corrected chi connectivity index (χ1v) is 41.9. The number of hydroxylamine groups is 1. The molecule has 0 atom stereocenters. The molecule has 0 amide bonds. The lowest BCUT2D eigenvalue weighted by Gasteiger charge is -2.02. The lowest BCUT2D eigenvalue weighted by atomic mass is 10.4. The minimum atomic E-state index is 0.580. The molecule has 13 aliphatic rings. The number of nitrogens with one attached hydrogen (secondary N) is 4. The van der Waals surface area contributed by atoms with E-state index in [2.05, 4.69) is 115 Å². The number of thioether (sulfide) groups is 3. The molecule has 0 spiro atoms. The molecule has 0 aromatic carbocycles. The predicted molar refractivity (Wildman–Crippen MR) is 460 cm³/mol. The van der Waals surface area contributed by atoms with Gasteiger partial charge in [-0.15, -0.1) is 35.3 Å². The summed E-state index contributed by atoms with van der Waals surface area (Å²) in [5, 5.41) is 19.9. The fourth-order valence-corrected chi connectivity index (χ4v) is 6.83. The quantitative estimate of drug-likeness (QED) is 0.164. The summed E-state index contributed by atoms with van der Waals surface area (Å²) in [6, 6.07) is 0. The fourth-order valence-electron chi connectivity index (χ4n) is 4.16. The van der Waals surface area contributed by atoms with Crippen molar-refractivity contribution in [3.8, 4) is 0 Å². The highest BCUT2D eigenvalue weighted by Crippen LogP contribution is 2.09. The maximum absolute atomic E-state index is 4.78. The summed E-state index contributed by atoms with van der Waals surface area (Å²) in [6.45, 7) is 66.8. The zero-order valence-electron chi connectivity index (χ0n) is 67.4. The number of hydrazone groups is 1. The van der Waals surface area contributed by atoms with E-state index in [0.717, 1.165) is 117 Å². The standard InChI is InChI=1S/C4H8N2.C4H7NO.2C4H7NS.C3H6N2O.2C3H6N2.C3H5NO2.C3H5NOS.2C3H5NO.2C3H5NS.13C2H6/c3*1-2-5-4-6-3-1;1-2-4-6-5-3-1;1-2-6-5-3-4-1;1-2-5-3-4-1;1-2-4-5-3-1;1-2-6-4-3-5-1;1-2-6-3-4-5-1;1-2-5-3-4-1;1-2-4-5-3-1;1-2-5-3-4-1;1-2-4-5-3-1;13*1-2/h4H,1-3H2,(H,5,6);2*4H,1-3H2;3H,1-2,4H2;3H,1-2H2,(H,4,5);3H,1-2H2,(H,4,5);2,5H,1,3H2;2*3H,1-2H2;3H,1-2H2;2H,1,3H2;3H,1-2H2;2H,1,3H2;13*1-2H3. The average Bonchev–Trinajstić information content (AvgIpc) is 4.64. The van der Waals surface area contributed by atoms with E-state index in [0.29, 0.717) is 19.8 Å². The Hall–Kier alpha value is -4.58. The van der Waals surface area contributed by atoms with Gasteiger partial charge in [-0.1, -0.05) is 195 Å². The Morgan fingerprint density at radius 3 is 0.969 bits per heavy atom. The Balaban J connectivity index is -0.0000000707. The van der Waals surface area contributed by atoms with Crippen molar-refractivity contribution in [1.82, 2.24) is 21.5 Å². The number of aliphatic imine (C=N–C) groups is 7. The first-order valence-electron chi connectivity index (χ1n) is 36.8. The summed E-state index contributed by atoms with van der Waals surface area (Å²) in [5.41, 5.74) is 10.8. The SMILES string of the molecule is C1=NCCCN1.C1=NCCCO1.C1=NCCCS1.C1=NCCN1.C1=NCCO1.C1=NCCON1.C1=NCCS1.C1=NNCC1.C1=NOCC1.C1=NOCCO1.C1=NOCCS1.C1=NSCC1.C1=NSCCC1.CC.CC.CC.CC.CC.CC.CC.CC.CC.CC.CC.CC.CC. The van der Waals surface area contributed by atoms with E-state index >= 15 is 0 Å². The molecule has 0 aromatic heterocycles. The van der Waals surface area contributed by atoms with E-state index in [1.54, 1.807) is 90.0 Å². The lowest BCUT2D eigenvalue weighted by molar-refractivity contribution is 0.0719. The van der Waals surface area contributed by atoms with Gasteiger partial charge >= 0.3 is 0 Å². The van der Waals surface area contributed by atoms with Crippen molar-refractivity contribution < 1.29 is 33.6 Å². The van der Waals surface area contributed by atoms with E-state index in [1.165, 1.54) is 74.3 Å². The van der Waals surface area contributed by atoms with Gasteiger partial charge in [0.05, 0.1) is 62.2 Å². The molecule has 13 rings (SSSR count). The van der Waals surface area contributed by atoms with E-state index in [1.807, 2.05) is 210 Å².